The summed E-state index contributed by atoms with van der Waals surface area (Å²) in [6.07, 6.45) is 0.962. The number of nitrogens with zero attached hydrogens (tertiary/aromatic N) is 1. The first-order valence-electron chi connectivity index (χ1n) is 12.0. The number of ketones is 1. The third kappa shape index (κ3) is 3.94. The van der Waals surface area contributed by atoms with E-state index in [1.807, 2.05) is 37.3 Å². The van der Waals surface area contributed by atoms with Crippen LogP contribution in [0.4, 0.5) is 5.88 Å². The summed E-state index contributed by atoms with van der Waals surface area (Å²) in [6, 6.07) is 9.51. The van der Waals surface area contributed by atoms with E-state index in [2.05, 4.69) is 10.5 Å². The van der Waals surface area contributed by atoms with Crippen molar-refractivity contribution < 1.29 is 33.0 Å². The van der Waals surface area contributed by atoms with Crippen LogP contribution in [0.5, 0.6) is 28.7 Å². The molecule has 0 saturated heterocycles. The number of methoxy groups -OCH3 is 5. The second kappa shape index (κ2) is 9.72. The molecular formula is C28H30N2O7. The van der Waals surface area contributed by atoms with Crippen molar-refractivity contribution in [3.63, 3.8) is 0 Å². The van der Waals surface area contributed by atoms with Gasteiger partial charge in [-0.1, -0.05) is 17.3 Å². The van der Waals surface area contributed by atoms with Crippen LogP contribution in [0.3, 0.4) is 0 Å². The maximum Gasteiger partial charge on any atom is 0.233 e. The maximum absolute atomic E-state index is 13.9. The molecule has 0 bridgehead atoms. The van der Waals surface area contributed by atoms with Gasteiger partial charge in [-0.3, -0.25) is 4.79 Å². The van der Waals surface area contributed by atoms with Gasteiger partial charge in [-0.15, -0.1) is 0 Å². The number of allylic oxidation sites excluding steroid dienone is 2. The van der Waals surface area contributed by atoms with Crippen LogP contribution in [0.15, 0.2) is 46.1 Å². The number of Topliss-reactive ketones (excluding diaryl/α,β-unsaturated/α-hetero) is 1. The number of fused-ring (bicyclic) bond motifs is 1. The zero-order chi connectivity index (χ0) is 26.3. The molecule has 0 radical (unpaired) electrons. The highest BCUT2D eigenvalue weighted by Crippen LogP contribution is 2.53. The van der Waals surface area contributed by atoms with Gasteiger partial charge in [0.1, 0.15) is 0 Å². The molecule has 2 heterocycles. The second-order valence-corrected chi connectivity index (χ2v) is 9.03. The van der Waals surface area contributed by atoms with Gasteiger partial charge in [-0.25, -0.2) is 0 Å². The smallest absolute Gasteiger partial charge is 0.233 e. The molecule has 2 aliphatic rings. The fourth-order valence-corrected chi connectivity index (χ4v) is 5.48. The third-order valence-electron chi connectivity index (χ3n) is 7.18. The Morgan fingerprint density at radius 2 is 1.57 bits per heavy atom. The lowest BCUT2D eigenvalue weighted by atomic mass is 9.72. The number of aryl methyl sites for hydroxylation is 1. The molecule has 1 aromatic heterocycles. The average Bonchev–Trinajstić information content (AvgIpc) is 3.30. The van der Waals surface area contributed by atoms with E-state index in [0.717, 1.165) is 22.4 Å². The van der Waals surface area contributed by atoms with E-state index in [4.69, 9.17) is 28.2 Å². The molecule has 0 saturated carbocycles. The molecule has 2 atom stereocenters. The number of nitrogens with one attached hydrogen (secondary N) is 1. The van der Waals surface area contributed by atoms with Gasteiger partial charge in [0.2, 0.25) is 11.6 Å². The van der Waals surface area contributed by atoms with Crippen LogP contribution in [0.2, 0.25) is 0 Å². The number of anilines is 1. The van der Waals surface area contributed by atoms with Crippen molar-refractivity contribution in [2.45, 2.75) is 31.6 Å². The predicted octanol–water partition coefficient (Wildman–Crippen LogP) is 4.98. The van der Waals surface area contributed by atoms with Crippen molar-refractivity contribution in [1.82, 2.24) is 5.16 Å². The quantitative estimate of drug-likeness (QED) is 0.475. The van der Waals surface area contributed by atoms with Gasteiger partial charge in [0.15, 0.2) is 28.8 Å². The number of rotatable bonds is 7. The fourth-order valence-electron chi connectivity index (χ4n) is 5.48. The monoisotopic (exact) mass is 506 g/mol. The summed E-state index contributed by atoms with van der Waals surface area (Å²) in [5.74, 6) is 2.87. The average molecular weight is 507 g/mol. The molecule has 0 fully saturated rings. The minimum absolute atomic E-state index is 0.0432. The van der Waals surface area contributed by atoms with Crippen LogP contribution >= 0.6 is 0 Å². The van der Waals surface area contributed by atoms with Crippen LogP contribution in [0.25, 0.3) is 0 Å². The van der Waals surface area contributed by atoms with Crippen molar-refractivity contribution in [3.8, 4) is 28.7 Å². The highest BCUT2D eigenvalue weighted by Gasteiger charge is 2.43. The summed E-state index contributed by atoms with van der Waals surface area (Å²) in [6.45, 7) is 1.87. The molecule has 5 rings (SSSR count). The Bertz CT molecular complexity index is 1390. The molecule has 3 aromatic rings. The molecule has 9 heteroatoms. The van der Waals surface area contributed by atoms with E-state index in [1.54, 1.807) is 35.5 Å². The summed E-state index contributed by atoms with van der Waals surface area (Å²) >= 11 is 0. The molecular weight excluding hydrogens is 476 g/mol. The first-order valence-corrected chi connectivity index (χ1v) is 12.0. The highest BCUT2D eigenvalue weighted by atomic mass is 16.5. The molecule has 0 amide bonds. The summed E-state index contributed by atoms with van der Waals surface area (Å²) in [5.41, 5.74) is 4.77. The van der Waals surface area contributed by atoms with E-state index in [9.17, 15) is 4.79 Å². The Balaban J connectivity index is 1.64. The lowest BCUT2D eigenvalue weighted by Gasteiger charge is -2.35. The zero-order valence-electron chi connectivity index (χ0n) is 21.8. The van der Waals surface area contributed by atoms with Gasteiger partial charge in [0, 0.05) is 23.3 Å². The van der Waals surface area contributed by atoms with Crippen LogP contribution < -0.4 is 29.0 Å². The first kappa shape index (κ1) is 24.5. The summed E-state index contributed by atoms with van der Waals surface area (Å²) in [4.78, 5) is 13.9. The lowest BCUT2D eigenvalue weighted by molar-refractivity contribution is -0.116. The topological polar surface area (TPSA) is 101 Å². The van der Waals surface area contributed by atoms with Crippen molar-refractivity contribution >= 4 is 11.7 Å². The van der Waals surface area contributed by atoms with Crippen LogP contribution in [-0.2, 0) is 4.79 Å². The Morgan fingerprint density at radius 3 is 2.24 bits per heavy atom. The van der Waals surface area contributed by atoms with Crippen LogP contribution in [0, 0.1) is 6.92 Å². The molecule has 1 N–H and O–H groups in total. The third-order valence-corrected chi connectivity index (χ3v) is 7.18. The number of ether oxygens (including phenoxy) is 5. The van der Waals surface area contributed by atoms with Crippen molar-refractivity contribution in [3.05, 3.63) is 64.0 Å². The van der Waals surface area contributed by atoms with E-state index >= 15 is 0 Å². The molecule has 0 unspecified atom stereocenters. The number of benzene rings is 2. The second-order valence-electron chi connectivity index (χ2n) is 9.03. The van der Waals surface area contributed by atoms with E-state index in [1.165, 1.54) is 0 Å². The molecule has 0 spiro atoms. The molecule has 194 valence electrons. The minimum Gasteiger partial charge on any atom is -0.493 e. The van der Waals surface area contributed by atoms with Crippen molar-refractivity contribution in [2.75, 3.05) is 40.9 Å². The highest BCUT2D eigenvalue weighted by molar-refractivity contribution is 6.02. The Kier molecular flexibility index (Phi) is 6.45. The normalized spacial score (nSPS) is 18.5. The van der Waals surface area contributed by atoms with Gasteiger partial charge < -0.3 is 33.5 Å². The van der Waals surface area contributed by atoms with E-state index in [0.29, 0.717) is 58.7 Å². The van der Waals surface area contributed by atoms with Crippen molar-refractivity contribution in [2.24, 2.45) is 0 Å². The van der Waals surface area contributed by atoms with Crippen LogP contribution in [-0.4, -0.2) is 46.5 Å². The maximum atomic E-state index is 13.9. The van der Waals surface area contributed by atoms with Gasteiger partial charge in [-0.2, -0.15) is 0 Å². The zero-order valence-corrected chi connectivity index (χ0v) is 21.8. The fraction of sp³-hybridized carbons (Fsp3) is 0.357. The molecule has 1 aliphatic heterocycles. The van der Waals surface area contributed by atoms with Gasteiger partial charge >= 0.3 is 0 Å². The Labute approximate surface area is 215 Å². The van der Waals surface area contributed by atoms with Gasteiger partial charge in [0.25, 0.3) is 0 Å². The van der Waals surface area contributed by atoms with E-state index in [-0.39, 0.29) is 11.7 Å². The van der Waals surface area contributed by atoms with Crippen molar-refractivity contribution in [1.29, 1.82) is 0 Å². The summed E-state index contributed by atoms with van der Waals surface area (Å²) in [7, 11) is 7.92. The number of carbonyl (C=O) groups excluding carboxylic acids is 1. The van der Waals surface area contributed by atoms with Crippen LogP contribution in [0.1, 0.15) is 47.1 Å². The largest absolute Gasteiger partial charge is 0.493 e. The predicted molar refractivity (Wildman–Crippen MR) is 136 cm³/mol. The number of hydrogen-bond acceptors (Lipinski definition) is 9. The SMILES string of the molecule is COc1ccc([C@@H]2CC(=O)C3=C(C2)Nc2onc(C)c2[C@@H]3c2ccc(OC)c(OC)c2OC)cc1OC. The Hall–Kier alpha value is -4.14. The Morgan fingerprint density at radius 1 is 0.865 bits per heavy atom. The lowest BCUT2D eigenvalue weighted by Crippen LogP contribution is -2.29. The van der Waals surface area contributed by atoms with Gasteiger partial charge in [-0.05, 0) is 43.0 Å². The minimum atomic E-state index is -0.439. The standard InChI is InChI=1S/C28H30N2O7/c1-14-23-24(17-8-10-21(33-3)27(36-6)26(17)35-5)25-18(29-28(23)37-30-14)11-16(12-19(25)31)15-7-9-20(32-2)22(13-15)34-4/h7-10,13,16,24,29H,11-12H2,1-6H3/t16-,24-/m0/s1. The molecule has 1 aliphatic carbocycles. The number of carbonyl (C=O) groups is 1. The summed E-state index contributed by atoms with van der Waals surface area (Å²) < 4.78 is 33.5. The van der Waals surface area contributed by atoms with Gasteiger partial charge in [0.05, 0.1) is 52.7 Å². The molecule has 2 aromatic carbocycles. The summed E-state index contributed by atoms with van der Waals surface area (Å²) in [5, 5.41) is 7.57. The van der Waals surface area contributed by atoms with E-state index < -0.39 is 5.92 Å². The molecule has 37 heavy (non-hydrogen) atoms. The first-order chi connectivity index (χ1) is 17.9. The number of hydrogen-bond donors (Lipinski definition) is 1. The molecule has 9 nitrogen and oxygen atoms in total. The number of aromatic nitrogens is 1.